The number of aryl methyl sites for hydroxylation is 1. The third-order valence-electron chi connectivity index (χ3n) is 2.96. The molecule has 0 bridgehead atoms. The lowest BCUT2D eigenvalue weighted by Crippen LogP contribution is -2.07. The van der Waals surface area contributed by atoms with Crippen LogP contribution in [-0.2, 0) is 0 Å². The molecule has 7 nitrogen and oxygen atoms in total. The van der Waals surface area contributed by atoms with E-state index in [0.717, 1.165) is 6.07 Å². The van der Waals surface area contributed by atoms with Gasteiger partial charge in [0.15, 0.2) is 5.43 Å². The molecular weight excluding hydrogens is 280 g/mol. The van der Waals surface area contributed by atoms with Crippen molar-refractivity contribution in [1.82, 2.24) is 0 Å². The van der Waals surface area contributed by atoms with Crippen molar-refractivity contribution in [3.8, 4) is 5.95 Å². The molecule has 0 amide bonds. The third-order valence-corrected chi connectivity index (χ3v) is 2.96. The molecule has 3 aromatic rings. The van der Waals surface area contributed by atoms with E-state index in [-0.39, 0.29) is 16.6 Å². The maximum atomic E-state index is 12.0. The van der Waals surface area contributed by atoms with Crippen LogP contribution in [0.5, 0.6) is 5.95 Å². The monoisotopic (exact) mass is 288 g/mol. The molecule has 0 saturated carbocycles. The number of hydrogen-bond donors (Lipinski definition) is 1. The van der Waals surface area contributed by atoms with Crippen LogP contribution in [0.25, 0.3) is 21.9 Å². The van der Waals surface area contributed by atoms with Crippen molar-refractivity contribution >= 4 is 28.1 Å². The fraction of sp³-hybridized carbons (Fsp3) is 0.0714. The van der Waals surface area contributed by atoms with Crippen LogP contribution in [0.3, 0.4) is 0 Å². The van der Waals surface area contributed by atoms with E-state index >= 15 is 0 Å². The summed E-state index contributed by atoms with van der Waals surface area (Å²) in [5.41, 5.74) is -0.0174. The smallest absolute Gasteiger partial charge is 0.449 e. The number of hydrogen-bond acceptors (Lipinski definition) is 6. The number of carboxylic acid groups (broad SMARTS) is 1. The number of fused-ring (bicyclic) bond motifs is 2. The summed E-state index contributed by atoms with van der Waals surface area (Å²) in [6.07, 6.45) is -1.60. The van der Waals surface area contributed by atoms with Crippen LogP contribution < -0.4 is 15.8 Å². The van der Waals surface area contributed by atoms with E-state index in [1.165, 1.54) is 18.2 Å². The summed E-state index contributed by atoms with van der Waals surface area (Å²) < 4.78 is 14.5. The summed E-state index contributed by atoms with van der Waals surface area (Å²) in [5.74, 6) is -0.450. The lowest BCUT2D eigenvalue weighted by atomic mass is 10.1. The molecule has 1 N–H and O–H groups in total. The maximum Gasteiger partial charge on any atom is 0.513 e. The van der Waals surface area contributed by atoms with Crippen LogP contribution in [0.4, 0.5) is 4.79 Å². The molecule has 0 unspecified atom stereocenters. The summed E-state index contributed by atoms with van der Waals surface area (Å²) in [6, 6.07) is 5.14. The molecule has 2 aromatic heterocycles. The highest BCUT2D eigenvalue weighted by Gasteiger charge is 2.12. The van der Waals surface area contributed by atoms with Gasteiger partial charge in [0, 0.05) is 17.5 Å². The zero-order valence-electron chi connectivity index (χ0n) is 10.7. The first-order valence-corrected chi connectivity index (χ1v) is 5.87. The van der Waals surface area contributed by atoms with Crippen molar-refractivity contribution in [1.29, 1.82) is 0 Å². The molecule has 0 aliphatic rings. The van der Waals surface area contributed by atoms with Gasteiger partial charge in [0.2, 0.25) is 0 Å². The van der Waals surface area contributed by atoms with E-state index in [1.54, 1.807) is 6.92 Å². The lowest BCUT2D eigenvalue weighted by Gasteiger charge is -2.04. The standard InChI is InChI=1S/C14H8O7/c1-6-2-12(16)19-10-5-11-8(3-7(6)10)9(15)4-13(20-11)21-14(17)18/h2-5H,1H3,(H,17,18). The minimum absolute atomic E-state index is 0.0694. The minimum Gasteiger partial charge on any atom is -0.449 e. The van der Waals surface area contributed by atoms with Gasteiger partial charge in [-0.2, -0.15) is 0 Å². The first kappa shape index (κ1) is 12.9. The zero-order chi connectivity index (χ0) is 15.1. The summed E-state index contributed by atoms with van der Waals surface area (Å²) in [6.45, 7) is 1.72. The van der Waals surface area contributed by atoms with E-state index < -0.39 is 23.2 Å². The van der Waals surface area contributed by atoms with Gasteiger partial charge in [0.1, 0.15) is 11.2 Å². The normalized spacial score (nSPS) is 10.9. The van der Waals surface area contributed by atoms with Gasteiger partial charge in [-0.25, -0.2) is 9.59 Å². The van der Waals surface area contributed by atoms with Crippen molar-refractivity contribution in [2.45, 2.75) is 6.92 Å². The Hall–Kier alpha value is -3.09. The molecule has 0 atom stereocenters. The molecule has 1 aromatic carbocycles. The largest absolute Gasteiger partial charge is 0.513 e. The highest BCUT2D eigenvalue weighted by molar-refractivity contribution is 5.94. The Morgan fingerprint density at radius 2 is 1.76 bits per heavy atom. The van der Waals surface area contributed by atoms with Crippen LogP contribution in [-0.4, -0.2) is 11.3 Å². The second-order valence-corrected chi connectivity index (χ2v) is 4.39. The molecule has 0 radical (unpaired) electrons. The second-order valence-electron chi connectivity index (χ2n) is 4.39. The average Bonchev–Trinajstić information content (AvgIpc) is 2.35. The van der Waals surface area contributed by atoms with Gasteiger partial charge in [0.25, 0.3) is 5.95 Å². The summed E-state index contributed by atoms with van der Waals surface area (Å²) in [4.78, 5) is 33.8. The first-order chi connectivity index (χ1) is 9.94. The van der Waals surface area contributed by atoms with E-state index in [9.17, 15) is 14.4 Å². The van der Waals surface area contributed by atoms with E-state index in [2.05, 4.69) is 4.74 Å². The molecule has 0 fully saturated rings. The molecule has 21 heavy (non-hydrogen) atoms. The molecule has 0 saturated heterocycles. The van der Waals surface area contributed by atoms with Gasteiger partial charge in [0.05, 0.1) is 11.5 Å². The van der Waals surface area contributed by atoms with Gasteiger partial charge in [-0.05, 0) is 18.6 Å². The predicted molar refractivity (Wildman–Crippen MR) is 71.9 cm³/mol. The Balaban J connectivity index is 2.38. The third kappa shape index (κ3) is 2.25. The van der Waals surface area contributed by atoms with Crippen molar-refractivity contribution < 1.29 is 23.5 Å². The highest BCUT2D eigenvalue weighted by Crippen LogP contribution is 2.24. The Bertz CT molecular complexity index is 994. The minimum atomic E-state index is -1.60. The van der Waals surface area contributed by atoms with E-state index in [1.807, 2.05) is 0 Å². The Morgan fingerprint density at radius 1 is 1.05 bits per heavy atom. The quantitative estimate of drug-likeness (QED) is 0.415. The molecule has 0 aliphatic heterocycles. The van der Waals surface area contributed by atoms with Crippen LogP contribution in [0.2, 0.25) is 0 Å². The molecular formula is C14H8O7. The second kappa shape index (κ2) is 4.48. The first-order valence-electron chi connectivity index (χ1n) is 5.87. The van der Waals surface area contributed by atoms with Crippen LogP contribution >= 0.6 is 0 Å². The number of rotatable bonds is 1. The topological polar surface area (TPSA) is 107 Å². The fourth-order valence-electron chi connectivity index (χ4n) is 2.08. The van der Waals surface area contributed by atoms with E-state index in [4.69, 9.17) is 13.9 Å². The molecule has 2 heterocycles. The van der Waals surface area contributed by atoms with E-state index in [0.29, 0.717) is 10.9 Å². The zero-order valence-corrected chi connectivity index (χ0v) is 10.7. The summed E-state index contributed by atoms with van der Waals surface area (Å²) in [7, 11) is 0. The molecule has 3 rings (SSSR count). The number of benzene rings is 1. The lowest BCUT2D eigenvalue weighted by molar-refractivity contribution is 0.133. The molecule has 106 valence electrons. The Morgan fingerprint density at radius 3 is 2.48 bits per heavy atom. The highest BCUT2D eigenvalue weighted by atomic mass is 16.7. The average molecular weight is 288 g/mol. The van der Waals surface area contributed by atoms with Crippen molar-refractivity contribution in [3.63, 3.8) is 0 Å². The van der Waals surface area contributed by atoms with Gasteiger partial charge >= 0.3 is 11.8 Å². The van der Waals surface area contributed by atoms with Gasteiger partial charge < -0.3 is 18.7 Å². The van der Waals surface area contributed by atoms with Gasteiger partial charge in [-0.3, -0.25) is 4.79 Å². The molecule has 0 aliphatic carbocycles. The van der Waals surface area contributed by atoms with Crippen LogP contribution in [0.15, 0.2) is 42.7 Å². The summed E-state index contributed by atoms with van der Waals surface area (Å²) >= 11 is 0. The number of carbonyl (C=O) groups is 1. The number of ether oxygens (including phenoxy) is 1. The molecule has 0 spiro atoms. The predicted octanol–water partition coefficient (Wildman–Crippen LogP) is 2.26. The van der Waals surface area contributed by atoms with Crippen molar-refractivity contribution in [2.24, 2.45) is 0 Å². The fourth-order valence-corrected chi connectivity index (χ4v) is 2.08. The summed E-state index contributed by atoms with van der Waals surface area (Å²) in [5, 5.41) is 9.36. The van der Waals surface area contributed by atoms with Crippen LogP contribution in [0.1, 0.15) is 5.56 Å². The van der Waals surface area contributed by atoms with Gasteiger partial charge in [-0.1, -0.05) is 0 Å². The maximum absolute atomic E-state index is 12.0. The van der Waals surface area contributed by atoms with Gasteiger partial charge in [-0.15, -0.1) is 0 Å². The van der Waals surface area contributed by atoms with Crippen LogP contribution in [0, 0.1) is 6.92 Å². The van der Waals surface area contributed by atoms with Crippen molar-refractivity contribution in [2.75, 3.05) is 0 Å². The Kier molecular flexibility index (Phi) is 2.76. The molecule has 7 heteroatoms. The Labute approximate surface area is 116 Å². The SMILES string of the molecule is Cc1cc(=O)oc2cc3oc(OC(=O)O)cc(=O)c3cc12. The van der Waals surface area contributed by atoms with Crippen molar-refractivity contribution in [3.05, 3.63) is 50.5 Å².